The Bertz CT molecular complexity index is 759. The van der Waals surface area contributed by atoms with Crippen LogP contribution < -0.4 is 4.74 Å². The number of aryl methyl sites for hydroxylation is 1. The first-order valence-electron chi connectivity index (χ1n) is 10.3. The lowest BCUT2D eigenvalue weighted by molar-refractivity contribution is -0.134. The zero-order valence-electron chi connectivity index (χ0n) is 17.2. The number of hydrogen-bond acceptors (Lipinski definition) is 5. The molecule has 0 radical (unpaired) electrons. The van der Waals surface area contributed by atoms with Gasteiger partial charge in [0.2, 0.25) is 0 Å². The van der Waals surface area contributed by atoms with Crippen LogP contribution in [0.3, 0.4) is 0 Å². The van der Waals surface area contributed by atoms with Crippen molar-refractivity contribution in [1.29, 1.82) is 0 Å². The first-order chi connectivity index (χ1) is 14.2. The molecule has 5 heteroatoms. The minimum Gasteiger partial charge on any atom is -0.491 e. The van der Waals surface area contributed by atoms with Crippen LogP contribution in [0.1, 0.15) is 55.5 Å². The highest BCUT2D eigenvalue weighted by molar-refractivity contribution is 5.87. The van der Waals surface area contributed by atoms with Gasteiger partial charge in [-0.1, -0.05) is 56.0 Å². The van der Waals surface area contributed by atoms with Crippen molar-refractivity contribution >= 4 is 12.0 Å². The molecule has 1 aromatic carbocycles. The maximum absolute atomic E-state index is 11.3. The van der Waals surface area contributed by atoms with Crippen molar-refractivity contribution in [1.82, 2.24) is 4.98 Å². The Kier molecular flexibility index (Phi) is 10.5. The normalized spacial score (nSPS) is 11.0. The number of ether oxygens (including phenoxy) is 2. The van der Waals surface area contributed by atoms with Gasteiger partial charge in [0.1, 0.15) is 11.4 Å². The maximum Gasteiger partial charge on any atom is 0.330 e. The summed E-state index contributed by atoms with van der Waals surface area (Å²) in [5.41, 5.74) is 2.46. The highest BCUT2D eigenvalue weighted by atomic mass is 16.5. The van der Waals surface area contributed by atoms with E-state index in [2.05, 4.69) is 40.1 Å². The molecule has 2 aromatic rings. The van der Waals surface area contributed by atoms with E-state index in [0.717, 1.165) is 19.3 Å². The summed E-state index contributed by atoms with van der Waals surface area (Å²) in [5.74, 6) is 0.143. The van der Waals surface area contributed by atoms with Crippen molar-refractivity contribution in [3.63, 3.8) is 0 Å². The van der Waals surface area contributed by atoms with E-state index in [1.54, 1.807) is 18.2 Å². The van der Waals surface area contributed by atoms with Crippen LogP contribution in [-0.4, -0.2) is 29.8 Å². The Balaban J connectivity index is 1.65. The molecule has 0 aliphatic heterocycles. The van der Waals surface area contributed by atoms with Crippen molar-refractivity contribution in [2.75, 3.05) is 13.7 Å². The van der Waals surface area contributed by atoms with Gasteiger partial charge in [-0.25, -0.2) is 9.78 Å². The third-order valence-electron chi connectivity index (χ3n) is 4.64. The van der Waals surface area contributed by atoms with Gasteiger partial charge in [0.05, 0.1) is 26.0 Å². The van der Waals surface area contributed by atoms with Crippen LogP contribution in [-0.2, 0) is 22.6 Å². The number of aliphatic hydroxyl groups excluding tert-OH is 1. The van der Waals surface area contributed by atoms with Crippen LogP contribution in [0.15, 0.2) is 48.5 Å². The number of carbonyl (C=O) groups is 1. The molecule has 0 aliphatic rings. The highest BCUT2D eigenvalue weighted by Crippen LogP contribution is 2.20. The second-order valence-electron chi connectivity index (χ2n) is 6.91. The second-order valence-corrected chi connectivity index (χ2v) is 6.91. The van der Waals surface area contributed by atoms with Gasteiger partial charge in [-0.15, -0.1) is 0 Å². The highest BCUT2D eigenvalue weighted by Gasteiger charge is 2.06. The molecule has 0 atom stereocenters. The molecule has 0 aliphatic carbocycles. The second kappa shape index (κ2) is 13.5. The van der Waals surface area contributed by atoms with Gasteiger partial charge in [-0.05, 0) is 43.0 Å². The molecular weight excluding hydrogens is 366 g/mol. The molecule has 1 aromatic heterocycles. The Morgan fingerprint density at radius 3 is 2.45 bits per heavy atom. The zero-order chi connectivity index (χ0) is 20.7. The predicted octanol–water partition coefficient (Wildman–Crippen LogP) is 4.72. The number of methoxy groups -OCH3 is 1. The average molecular weight is 398 g/mol. The van der Waals surface area contributed by atoms with E-state index < -0.39 is 5.97 Å². The molecule has 1 heterocycles. The van der Waals surface area contributed by atoms with Gasteiger partial charge in [0.15, 0.2) is 0 Å². The third kappa shape index (κ3) is 8.92. The molecule has 0 saturated heterocycles. The van der Waals surface area contributed by atoms with Gasteiger partial charge in [0, 0.05) is 6.08 Å². The van der Waals surface area contributed by atoms with E-state index in [4.69, 9.17) is 4.74 Å². The minimum atomic E-state index is -0.459. The lowest BCUT2D eigenvalue weighted by atomic mass is 10.1. The maximum atomic E-state index is 11.3. The number of nitrogens with zero attached hydrogens (tertiary/aromatic N) is 1. The van der Waals surface area contributed by atoms with E-state index in [-0.39, 0.29) is 6.61 Å². The fourth-order valence-electron chi connectivity index (χ4n) is 3.01. The summed E-state index contributed by atoms with van der Waals surface area (Å²) in [7, 11) is 1.32. The standard InChI is InChI=1S/C24H31NO4/c1-28-24(27)17-15-22-23(16-14-21(19-26)25-22)29-18-10-5-3-2-4-7-11-20-12-8-6-9-13-20/h6,8-9,12-17,26H,2-5,7,10-11,18-19H2,1H3/b17-15+. The van der Waals surface area contributed by atoms with E-state index in [1.165, 1.54) is 44.4 Å². The lowest BCUT2D eigenvalue weighted by Gasteiger charge is -2.10. The van der Waals surface area contributed by atoms with Crippen LogP contribution in [0, 0.1) is 0 Å². The summed E-state index contributed by atoms with van der Waals surface area (Å²) in [6, 6.07) is 14.1. The summed E-state index contributed by atoms with van der Waals surface area (Å²) < 4.78 is 10.4. The van der Waals surface area contributed by atoms with Gasteiger partial charge in [-0.3, -0.25) is 0 Å². The first-order valence-corrected chi connectivity index (χ1v) is 10.3. The van der Waals surface area contributed by atoms with Crippen LogP contribution >= 0.6 is 0 Å². The van der Waals surface area contributed by atoms with E-state index in [9.17, 15) is 9.90 Å². The molecular formula is C24H31NO4. The number of aromatic nitrogens is 1. The number of hydrogen-bond donors (Lipinski definition) is 1. The molecule has 0 bridgehead atoms. The summed E-state index contributed by atoms with van der Waals surface area (Å²) in [4.78, 5) is 15.6. The van der Waals surface area contributed by atoms with E-state index >= 15 is 0 Å². The van der Waals surface area contributed by atoms with Crippen LogP contribution in [0.4, 0.5) is 0 Å². The molecule has 0 saturated carbocycles. The van der Waals surface area contributed by atoms with Gasteiger partial charge in [-0.2, -0.15) is 0 Å². The fraction of sp³-hybridized carbons (Fsp3) is 0.417. The van der Waals surface area contributed by atoms with Crippen LogP contribution in [0.2, 0.25) is 0 Å². The number of rotatable bonds is 13. The lowest BCUT2D eigenvalue weighted by Crippen LogP contribution is -2.02. The average Bonchev–Trinajstić information content (AvgIpc) is 2.77. The number of benzene rings is 1. The van der Waals surface area contributed by atoms with E-state index in [0.29, 0.717) is 23.7 Å². The summed E-state index contributed by atoms with van der Waals surface area (Å²) in [5, 5.41) is 9.26. The van der Waals surface area contributed by atoms with Crippen molar-refractivity contribution < 1.29 is 19.4 Å². The predicted molar refractivity (Wildman–Crippen MR) is 115 cm³/mol. The Labute approximate surface area is 173 Å². The molecule has 2 rings (SSSR count). The minimum absolute atomic E-state index is 0.163. The summed E-state index contributed by atoms with van der Waals surface area (Å²) >= 11 is 0. The van der Waals surface area contributed by atoms with Gasteiger partial charge < -0.3 is 14.6 Å². The molecule has 1 N–H and O–H groups in total. The Morgan fingerprint density at radius 2 is 1.72 bits per heavy atom. The molecule has 0 unspecified atom stereocenters. The Morgan fingerprint density at radius 1 is 1.00 bits per heavy atom. The van der Waals surface area contributed by atoms with Crippen molar-refractivity contribution in [2.45, 2.75) is 51.6 Å². The smallest absolute Gasteiger partial charge is 0.330 e. The van der Waals surface area contributed by atoms with Gasteiger partial charge in [0.25, 0.3) is 0 Å². The van der Waals surface area contributed by atoms with Crippen LogP contribution in [0.25, 0.3) is 6.08 Å². The number of carbonyl (C=O) groups excluding carboxylic acids is 1. The monoisotopic (exact) mass is 397 g/mol. The molecule has 0 amide bonds. The topological polar surface area (TPSA) is 68.7 Å². The van der Waals surface area contributed by atoms with E-state index in [1.807, 2.05) is 0 Å². The number of pyridine rings is 1. The van der Waals surface area contributed by atoms with Crippen molar-refractivity contribution in [3.05, 3.63) is 65.5 Å². The third-order valence-corrected chi connectivity index (χ3v) is 4.64. The fourth-order valence-corrected chi connectivity index (χ4v) is 3.01. The number of unbranched alkanes of at least 4 members (excludes halogenated alkanes) is 5. The molecule has 0 spiro atoms. The number of esters is 1. The van der Waals surface area contributed by atoms with Crippen molar-refractivity contribution in [2.24, 2.45) is 0 Å². The Hall–Kier alpha value is -2.66. The van der Waals surface area contributed by atoms with Crippen molar-refractivity contribution in [3.8, 4) is 5.75 Å². The molecule has 5 nitrogen and oxygen atoms in total. The summed E-state index contributed by atoms with van der Waals surface area (Å²) in [6.45, 7) is 0.437. The summed E-state index contributed by atoms with van der Waals surface area (Å²) in [6.07, 6.45) is 11.0. The first kappa shape index (κ1) is 22.6. The van der Waals surface area contributed by atoms with Gasteiger partial charge >= 0.3 is 5.97 Å². The number of aliphatic hydroxyl groups is 1. The largest absolute Gasteiger partial charge is 0.491 e. The quantitative estimate of drug-likeness (QED) is 0.301. The van der Waals surface area contributed by atoms with Crippen LogP contribution in [0.5, 0.6) is 5.75 Å². The molecule has 29 heavy (non-hydrogen) atoms. The SMILES string of the molecule is COC(=O)/C=C/c1nc(CO)ccc1OCCCCCCCCc1ccccc1. The molecule has 0 fully saturated rings. The zero-order valence-corrected chi connectivity index (χ0v) is 17.2. The molecule has 156 valence electrons.